The average molecular weight is 1640 g/mol. The summed E-state index contributed by atoms with van der Waals surface area (Å²) in [6.07, 6.45) is 1.68. The Morgan fingerprint density at radius 2 is 0.856 bits per heavy atom. The van der Waals surface area contributed by atoms with Crippen molar-refractivity contribution in [2.75, 3.05) is 26.2 Å². The zero-order valence-electron chi connectivity index (χ0n) is 68.6. The predicted octanol–water partition coefficient (Wildman–Crippen LogP) is -0.856. The molecule has 5 rings (SSSR count). The van der Waals surface area contributed by atoms with Crippen molar-refractivity contribution in [2.45, 2.75) is 218 Å². The number of aromatic amines is 1. The molecule has 0 aliphatic carbocycles. The summed E-state index contributed by atoms with van der Waals surface area (Å²) < 4.78 is 0. The number of aliphatic hydroxyl groups excluding tert-OH is 1. The maximum absolute atomic E-state index is 15.1. The third-order valence-electron chi connectivity index (χ3n) is 19.7. The number of primary amides is 2. The van der Waals surface area contributed by atoms with Crippen LogP contribution in [0.15, 0.2) is 121 Å². The summed E-state index contributed by atoms with van der Waals surface area (Å²) in [6, 6.07) is 16.4. The molecular weight excluding hydrogens is 1520 g/mol. The fraction of sp³-hybridized carbons (Fsp3) is 0.506. The lowest BCUT2D eigenvalue weighted by molar-refractivity contribution is -0.136. The van der Waals surface area contributed by atoms with Crippen molar-refractivity contribution in [1.82, 2.24) is 74.1 Å². The van der Waals surface area contributed by atoms with Gasteiger partial charge in [0.1, 0.15) is 66.5 Å². The highest BCUT2D eigenvalue weighted by molar-refractivity contribution is 6.00. The Kier molecular flexibility index (Phi) is 40.9. The predicted molar refractivity (Wildman–Crippen MR) is 445 cm³/mol. The van der Waals surface area contributed by atoms with Crippen LogP contribution in [0.25, 0.3) is 10.9 Å². The molecule has 0 aliphatic heterocycles. The number of para-hydroxylation sites is 1. The van der Waals surface area contributed by atoms with Crippen molar-refractivity contribution in [3.05, 3.63) is 144 Å². The van der Waals surface area contributed by atoms with Crippen LogP contribution in [-0.4, -0.2) is 197 Å². The third-order valence-corrected chi connectivity index (χ3v) is 19.7. The number of unbranched alkanes of at least 4 members (excludes halogenated alkanes) is 1. The van der Waals surface area contributed by atoms with Gasteiger partial charge < -0.3 is 108 Å². The van der Waals surface area contributed by atoms with E-state index in [1.165, 1.54) is 0 Å². The number of hydrogen-bond acceptors (Lipinski definition) is 18. The number of benzene rings is 4. The van der Waals surface area contributed by atoms with Crippen molar-refractivity contribution in [3.8, 4) is 0 Å². The highest BCUT2D eigenvalue weighted by atomic mass is 16.3. The van der Waals surface area contributed by atoms with E-state index in [0.29, 0.717) is 40.4 Å². The second-order valence-electron chi connectivity index (χ2n) is 30.8. The number of H-pyrrole nitrogens is 1. The first-order valence-electron chi connectivity index (χ1n) is 40.1. The van der Waals surface area contributed by atoms with Gasteiger partial charge in [-0.2, -0.15) is 0 Å². The Labute approximate surface area is 688 Å². The first kappa shape index (κ1) is 96.7. The lowest BCUT2D eigenvalue weighted by Crippen LogP contribution is -2.61. The van der Waals surface area contributed by atoms with E-state index in [1.807, 2.05) is 19.9 Å². The number of amides is 14. The molecule has 0 saturated carbocycles. The number of nitrogens with two attached hydrogens (primary N) is 5. The molecule has 0 unspecified atom stereocenters. The number of fused-ring (bicyclic) bond motifs is 1. The van der Waals surface area contributed by atoms with Gasteiger partial charge in [0.2, 0.25) is 82.7 Å². The minimum absolute atomic E-state index is 0.00774. The van der Waals surface area contributed by atoms with Crippen LogP contribution in [0.2, 0.25) is 0 Å². The summed E-state index contributed by atoms with van der Waals surface area (Å²) in [5.74, 6) is -13.6. The van der Waals surface area contributed by atoms with Crippen LogP contribution < -0.4 is 97.8 Å². The molecule has 13 atom stereocenters. The van der Waals surface area contributed by atoms with Gasteiger partial charge in [0.15, 0.2) is 5.96 Å². The third kappa shape index (κ3) is 33.4. The Hall–Kier alpha value is -11.8. The van der Waals surface area contributed by atoms with Crippen LogP contribution in [0, 0.1) is 29.1 Å². The zero-order chi connectivity index (χ0) is 87.1. The normalized spacial score (nSPS) is 14.6. The van der Waals surface area contributed by atoms with Crippen LogP contribution in [-0.2, 0) is 92.8 Å². The van der Waals surface area contributed by atoms with Gasteiger partial charge in [-0.15, -0.1) is 0 Å². The molecule has 4 aromatic carbocycles. The fourth-order valence-electron chi connectivity index (χ4n) is 13.0. The molecule has 5 aromatic rings. The lowest BCUT2D eigenvalue weighted by atomic mass is 9.96. The van der Waals surface area contributed by atoms with Crippen molar-refractivity contribution in [2.24, 2.45) is 52.3 Å². The highest BCUT2D eigenvalue weighted by Gasteiger charge is 2.38. The number of nitrogens with one attached hydrogen (secondary N) is 15. The molecule has 0 radical (unpaired) electrons. The first-order chi connectivity index (χ1) is 56.1. The van der Waals surface area contributed by atoms with Crippen LogP contribution in [0.4, 0.5) is 0 Å². The molecule has 0 aliphatic rings. The second-order valence-corrected chi connectivity index (χ2v) is 30.8. The van der Waals surface area contributed by atoms with Gasteiger partial charge in [0.25, 0.3) is 0 Å². The van der Waals surface area contributed by atoms with E-state index < -0.39 is 187 Å². The van der Waals surface area contributed by atoms with E-state index in [4.69, 9.17) is 34.1 Å². The SMILES string of the molecule is CC[C@H](C)[C@@H](NC(=O)[C@@H](CCCNC(=N)N)NC(=O)CNC(=O)[C@@H](CC(C)C)NC(=O)[C@@H](Cc1ccccc1)NC(=O)[C@@H](CCCCN)NC(=O)[C@@H](CO)NC(=O)[C@@H](Cc1ccccc1)NC(=O)[C@@H](Cc1c[nH]c2ccccc12)NC(=O)[C@@H](CCC(N)=O)NC(=O)[C@H](NC(=O)[C@H](N)Cc1ccccc1)C(C)C)C(=O)N[C@H](CC(C)C)C(N)=O. The minimum atomic E-state index is -1.82. The standard InChI is InChI=1S/C83H122N20O15/c1-9-50(8)70(82(118)96-61(71(87)107)38-47(2)3)103-76(112)58(33-23-37-90-83(88)89)93-68(106)45-92-73(109)62(39-48(4)5)97-77(113)63(41-52-26-15-11-16-27-52)98-74(110)59(32-21-22-36-84)94-80(116)66(46-104)101-78(114)64(42-53-28-17-12-18-29-53)99-79(115)65(43-54-44-91-57-31-20-19-30-55(54)57)100-75(111)60(34-35-67(86)105)95-81(117)69(49(6)7)102-72(108)56(85)40-51-24-13-10-14-25-51/h10-20,24-31,44,47-50,56,58-66,69-70,91,104H,9,21-23,32-43,45-46,84-85H2,1-8H3,(H2,86,105)(H2,87,107)(H,92,109)(H,93,106)(H,94,116)(H,95,117)(H,96,118)(H,97,113)(H,98,110)(H,99,115)(H,100,111)(H,101,114)(H,102,108)(H,103,112)(H4,88,89,90)/t50-,56+,58+,59+,60+,61+,62+,63+,64+,65+,66+,69+,70+/m0/s1. The molecule has 0 fully saturated rings. The summed E-state index contributed by atoms with van der Waals surface area (Å²) >= 11 is 0. The van der Waals surface area contributed by atoms with Gasteiger partial charge in [-0.25, -0.2) is 0 Å². The Bertz CT molecular complexity index is 4150. The summed E-state index contributed by atoms with van der Waals surface area (Å²) in [7, 11) is 0. The van der Waals surface area contributed by atoms with Gasteiger partial charge in [0, 0.05) is 49.3 Å². The number of aromatic nitrogens is 1. The lowest BCUT2D eigenvalue weighted by Gasteiger charge is -2.28. The largest absolute Gasteiger partial charge is 0.394 e. The molecule has 1 heterocycles. The van der Waals surface area contributed by atoms with E-state index in [9.17, 15) is 67.4 Å². The summed E-state index contributed by atoms with van der Waals surface area (Å²) in [5.41, 5.74) is 31.9. The number of carbonyl (C=O) groups excluding carboxylic acids is 14. The van der Waals surface area contributed by atoms with Crippen molar-refractivity contribution >= 4 is 99.6 Å². The fourth-order valence-corrected chi connectivity index (χ4v) is 13.0. The molecular formula is C83H122N20O15. The van der Waals surface area contributed by atoms with Crippen LogP contribution in [0.1, 0.15) is 142 Å². The van der Waals surface area contributed by atoms with Gasteiger partial charge in [-0.05, 0) is 116 Å². The van der Waals surface area contributed by atoms with E-state index >= 15 is 4.79 Å². The zero-order valence-corrected chi connectivity index (χ0v) is 68.6. The Morgan fingerprint density at radius 1 is 0.432 bits per heavy atom. The Balaban J connectivity index is 1.39. The summed E-state index contributed by atoms with van der Waals surface area (Å²) in [4.78, 5) is 201. The molecule has 14 amide bonds. The highest BCUT2D eigenvalue weighted by Crippen LogP contribution is 2.21. The monoisotopic (exact) mass is 1640 g/mol. The maximum atomic E-state index is 15.1. The van der Waals surface area contributed by atoms with Gasteiger partial charge in [-0.1, -0.05) is 171 Å². The Morgan fingerprint density at radius 3 is 1.36 bits per heavy atom. The molecule has 0 spiro atoms. The first-order valence-corrected chi connectivity index (χ1v) is 40.1. The molecule has 0 bridgehead atoms. The number of guanidine groups is 1. The molecule has 26 N–H and O–H groups in total. The van der Waals surface area contributed by atoms with Gasteiger partial charge >= 0.3 is 0 Å². The number of carbonyl (C=O) groups is 14. The average Bonchev–Trinajstić information content (AvgIpc) is 1.63. The van der Waals surface area contributed by atoms with E-state index in [1.54, 1.807) is 157 Å². The number of rotatable bonds is 52. The van der Waals surface area contributed by atoms with Crippen molar-refractivity contribution in [1.29, 1.82) is 5.41 Å². The molecule has 118 heavy (non-hydrogen) atoms. The number of aliphatic hydroxyl groups is 1. The molecule has 1 aromatic heterocycles. The van der Waals surface area contributed by atoms with Gasteiger partial charge in [-0.3, -0.25) is 72.5 Å². The molecule has 35 nitrogen and oxygen atoms in total. The summed E-state index contributed by atoms with van der Waals surface area (Å²) in [5, 5.41) is 53.7. The minimum Gasteiger partial charge on any atom is -0.394 e. The quantitative estimate of drug-likeness (QED) is 0.0128. The van der Waals surface area contributed by atoms with E-state index in [2.05, 4.69) is 74.1 Å². The molecule has 0 saturated heterocycles. The van der Waals surface area contributed by atoms with E-state index in [0.717, 1.165) is 5.56 Å². The van der Waals surface area contributed by atoms with E-state index in [-0.39, 0.29) is 102 Å². The van der Waals surface area contributed by atoms with Crippen LogP contribution >= 0.6 is 0 Å². The van der Waals surface area contributed by atoms with Crippen molar-refractivity contribution in [3.63, 3.8) is 0 Å². The van der Waals surface area contributed by atoms with Crippen LogP contribution in [0.5, 0.6) is 0 Å². The van der Waals surface area contributed by atoms with Crippen LogP contribution in [0.3, 0.4) is 0 Å². The summed E-state index contributed by atoms with van der Waals surface area (Å²) in [6.45, 7) is 12.6. The van der Waals surface area contributed by atoms with Crippen molar-refractivity contribution < 1.29 is 72.2 Å². The molecule has 35 heteroatoms. The van der Waals surface area contributed by atoms with Gasteiger partial charge in [0.05, 0.1) is 19.2 Å². The second kappa shape index (κ2) is 49.9. The number of hydrogen-bond donors (Lipinski definition) is 21. The maximum Gasteiger partial charge on any atom is 0.245 e. The smallest absolute Gasteiger partial charge is 0.245 e. The molecule has 644 valence electrons. The topological polar surface area (TPSA) is 585 Å².